The number of nitrogens with two attached hydrogens (primary N) is 1. The molecule has 0 amide bonds. The van der Waals surface area contributed by atoms with E-state index >= 15 is 0 Å². The Labute approximate surface area is 749 Å². The number of diazo groups is 1. The zero-order valence-electron chi connectivity index (χ0n) is 59.5. The van der Waals surface area contributed by atoms with Crippen molar-refractivity contribution in [2.45, 2.75) is 85.2 Å². The average Bonchev–Trinajstić information content (AvgIpc) is 1.62. The Bertz CT molecular complexity index is 4410. The van der Waals surface area contributed by atoms with Crippen molar-refractivity contribution >= 4 is 232 Å². The molecule has 34 heteroatoms. The van der Waals surface area contributed by atoms with Gasteiger partial charge in [-0.15, -0.1) is 40.7 Å². The number of Topliss-reactive ketones (excluding diaryl/α,β-unsaturated/α-hetero) is 1. The largest absolute Gasteiger partial charge is 0.477 e. The van der Waals surface area contributed by atoms with Crippen molar-refractivity contribution < 1.29 is 106 Å². The number of allylic oxidation sites excluding steroid dienone is 1. The number of benzene rings is 8. The van der Waals surface area contributed by atoms with Gasteiger partial charge in [0.1, 0.15) is 5.02 Å². The van der Waals surface area contributed by atoms with E-state index in [0.717, 1.165) is 24.0 Å². The number of nitrogens with one attached hydrogen (secondary N) is 1. The van der Waals surface area contributed by atoms with Gasteiger partial charge in [-0.2, -0.15) is 106 Å². The Kier molecular flexibility index (Phi) is 53.1. The smallest absolute Gasteiger partial charge is 0.403 e. The van der Waals surface area contributed by atoms with E-state index in [4.69, 9.17) is 155 Å². The van der Waals surface area contributed by atoms with Gasteiger partial charge in [0.15, 0.2) is 27.6 Å². The van der Waals surface area contributed by atoms with Crippen molar-refractivity contribution in [2.75, 3.05) is 41.0 Å². The molecule has 4 N–H and O–H groups in total. The van der Waals surface area contributed by atoms with Gasteiger partial charge in [-0.25, -0.2) is 19.2 Å². The molecule has 8 aromatic rings. The standard InChI is InChI=1S/C20H19Cl2N2O2.C18H15Cl2N2O2.C10H9Cl3N2O2.C10H11.C6H3Cl2N2.C6H5Cl2N.C6H9ClO3.ClH.3W/c1-3-15-18(20(25)26-4-2)23-24(17-11-10-14(21)12-16(17)22)19(15)13-8-6-5-7-9-13;1-2-13-16(18(23)24)21-22(15-9-8-12(19)10-14(15)20)17(13)11-6-4-3-5-7-11;1-2-17-10(16)9(13)15-14-8-4-3-6(11)5-7(8)12;1-2-3-7-10-8-5-4-6-9-10;7-4-1-2-6(10-9)5(8)3-4;7-4-1-2-6(9)5(8)3-4;1-3-10-6(9)5(7)4(2)8;;;;/h6-12,15,19H,3-4H2,1-2H3;4-10,13,17H,2H2,1H3,(H,23,24);3-5,14H,2H2,1H3;3,5-9H,2H2,1H3;1-3H;1-3H,9H2;5H,3H2,1-2H3;1H;;;/q2*-1;;-1;+1;;;;;;/b;;15-9-;7-3+;;;;;;;. The summed E-state index contributed by atoms with van der Waals surface area (Å²) in [5.74, 6) is -3.51. The second kappa shape index (κ2) is 55.9. The molecule has 5 atom stereocenters. The van der Waals surface area contributed by atoms with E-state index in [1.165, 1.54) is 24.6 Å². The van der Waals surface area contributed by atoms with Gasteiger partial charge in [-0.3, -0.25) is 20.2 Å². The molecule has 586 valence electrons. The third kappa shape index (κ3) is 34.3. The molecular weight excluding hydrogens is 2200 g/mol. The molecule has 5 unspecified atom stereocenters. The Morgan fingerprint density at radius 3 is 1.38 bits per heavy atom. The predicted molar refractivity (Wildman–Crippen MR) is 442 cm³/mol. The van der Waals surface area contributed by atoms with Crippen LogP contribution < -0.4 is 21.2 Å². The number of rotatable bonds is 18. The van der Waals surface area contributed by atoms with Crippen LogP contribution in [0.4, 0.5) is 28.4 Å². The van der Waals surface area contributed by atoms with E-state index in [0.29, 0.717) is 97.4 Å². The Hall–Kier alpha value is -5.49. The fourth-order valence-electron chi connectivity index (χ4n) is 9.39. The van der Waals surface area contributed by atoms with E-state index in [9.17, 15) is 29.1 Å². The minimum Gasteiger partial charge on any atom is -0.477 e. The van der Waals surface area contributed by atoms with Crippen LogP contribution >= 0.6 is 152 Å². The van der Waals surface area contributed by atoms with Gasteiger partial charge in [0.25, 0.3) is 0 Å². The first-order chi connectivity index (χ1) is 50.6. The minimum absolute atomic E-state index is 0. The second-order valence-corrected chi connectivity index (χ2v) is 26.6. The fourth-order valence-corrected chi connectivity index (χ4v) is 11.9. The first kappa shape index (κ1) is 105. The number of carboxylic acids is 1. The summed E-state index contributed by atoms with van der Waals surface area (Å²) in [6.07, 6.45) is 6.75. The molecule has 18 nitrogen and oxygen atoms in total. The summed E-state index contributed by atoms with van der Waals surface area (Å²) in [5, 5.41) is 37.3. The molecule has 0 fully saturated rings. The first-order valence-corrected chi connectivity index (χ1v) is 36.7. The number of esters is 3. The number of aliphatic carboxylic acids is 1. The molecule has 8 aromatic carbocycles. The molecule has 0 saturated heterocycles. The number of ether oxygens (including phenoxy) is 3. The quantitative estimate of drug-likeness (QED) is 0.00833. The number of carbonyl (C=O) groups excluding carboxylic acids is 4. The number of carbonyl (C=O) groups is 5. The number of ketones is 1. The fraction of sp³-hybridized carbons (Fsp3) is 0.237. The van der Waals surface area contributed by atoms with Crippen molar-refractivity contribution in [1.29, 1.82) is 5.39 Å². The summed E-state index contributed by atoms with van der Waals surface area (Å²) in [5.41, 5.74) is 14.4. The number of hydrogen-bond donors (Lipinski definition) is 3. The zero-order valence-corrected chi connectivity index (χ0v) is 78.2. The molecular formula is C76H72Cl13N9O9W3-2. The van der Waals surface area contributed by atoms with Crippen LogP contribution in [0.5, 0.6) is 0 Å². The van der Waals surface area contributed by atoms with Gasteiger partial charge >= 0.3 is 29.6 Å². The SMILES string of the molecule is CC/C=C/c1cc[c-]cc1.CCC1C(C(=O)O)=NN(c2ccc(Cl)cc2Cl)C1c1cc[c-]cc1.CCOC(=O)/C(Cl)=N/Nc1ccc(Cl)cc1Cl.CCOC(=O)C(Cl)C(C)=O.CCOC(=O)C1=NN(c2ccc(Cl)cc2Cl)C(c2cc[c-]cc2)C1CC.Cl.N#[N+]c1ccc(Cl)cc1Cl.Nc1ccc(Cl)cc1Cl.[W].[W].[W]. The number of hydrazone groups is 3. The Morgan fingerprint density at radius 1 is 0.582 bits per heavy atom. The number of nitrogens with zero attached hydrogens (tertiary/aromatic N) is 7. The van der Waals surface area contributed by atoms with Crippen molar-refractivity contribution in [1.82, 2.24) is 0 Å². The van der Waals surface area contributed by atoms with E-state index in [2.05, 4.69) is 72.5 Å². The number of anilines is 4. The molecule has 110 heavy (non-hydrogen) atoms. The molecule has 0 aromatic heterocycles. The summed E-state index contributed by atoms with van der Waals surface area (Å²) in [7, 11) is 0. The van der Waals surface area contributed by atoms with Crippen molar-refractivity contribution in [3.63, 3.8) is 0 Å². The molecule has 10 rings (SSSR count). The summed E-state index contributed by atoms with van der Waals surface area (Å²) in [4.78, 5) is 59.2. The van der Waals surface area contributed by atoms with Gasteiger partial charge in [-0.1, -0.05) is 161 Å². The number of carboxylic acid groups (broad SMARTS) is 1. The van der Waals surface area contributed by atoms with E-state index in [1.807, 2.05) is 92.7 Å². The predicted octanol–water partition coefficient (Wildman–Crippen LogP) is 23.8. The molecule has 2 aliphatic rings. The summed E-state index contributed by atoms with van der Waals surface area (Å²) in [6.45, 7) is 13.3. The van der Waals surface area contributed by atoms with Crippen LogP contribution in [0.3, 0.4) is 0 Å². The Morgan fingerprint density at radius 2 is 0.991 bits per heavy atom. The number of alkyl halides is 1. The van der Waals surface area contributed by atoms with Gasteiger partial charge in [0.05, 0.1) is 74.7 Å². The average molecular weight is 2270 g/mol. The maximum atomic E-state index is 12.5. The summed E-state index contributed by atoms with van der Waals surface area (Å²) in [6, 6.07) is 56.4. The van der Waals surface area contributed by atoms with E-state index in [-0.39, 0.29) is 135 Å². The van der Waals surface area contributed by atoms with E-state index < -0.39 is 23.3 Å². The topological polar surface area (TPSA) is 243 Å². The van der Waals surface area contributed by atoms with Gasteiger partial charge in [-0.05, 0) is 132 Å². The van der Waals surface area contributed by atoms with E-state index in [1.54, 1.807) is 104 Å². The number of halogens is 13. The molecule has 0 radical (unpaired) electrons. The number of nitrogen functional groups attached to an aromatic ring is 1. The third-order valence-corrected chi connectivity index (χ3v) is 17.7. The van der Waals surface area contributed by atoms with Crippen molar-refractivity contribution in [3.05, 3.63) is 260 Å². The van der Waals surface area contributed by atoms with Crippen LogP contribution in [0.15, 0.2) is 185 Å². The Balaban J connectivity index is 0.00000131. The van der Waals surface area contributed by atoms with Crippen molar-refractivity contribution in [3.8, 4) is 0 Å². The van der Waals surface area contributed by atoms with Crippen LogP contribution in [0.1, 0.15) is 96.5 Å². The monoisotopic (exact) mass is 2260 g/mol. The maximum absolute atomic E-state index is 12.5. The second-order valence-electron chi connectivity index (χ2n) is 21.6. The molecule has 2 aliphatic heterocycles. The van der Waals surface area contributed by atoms with Crippen LogP contribution in [0.2, 0.25) is 50.2 Å². The van der Waals surface area contributed by atoms with Crippen LogP contribution in [0, 0.1) is 35.4 Å². The van der Waals surface area contributed by atoms with Crippen molar-refractivity contribution in [2.24, 2.45) is 27.1 Å². The van der Waals surface area contributed by atoms with Gasteiger partial charge in [0, 0.05) is 106 Å². The maximum Gasteiger partial charge on any atom is 0.403 e. The molecule has 0 bridgehead atoms. The zero-order chi connectivity index (χ0) is 78.6. The summed E-state index contributed by atoms with van der Waals surface area (Å²) < 4.78 is 14.3. The van der Waals surface area contributed by atoms with Crippen LogP contribution in [-0.2, 0) is 101 Å². The molecule has 0 spiro atoms. The third-order valence-electron chi connectivity index (χ3n) is 14.3. The first-order valence-electron chi connectivity index (χ1n) is 32.1. The van der Waals surface area contributed by atoms with Crippen LogP contribution in [0.25, 0.3) is 11.1 Å². The van der Waals surface area contributed by atoms with Gasteiger partial charge < -0.3 is 25.1 Å². The van der Waals surface area contributed by atoms with Gasteiger partial charge in [0.2, 0.25) is 10.6 Å². The number of hydrogen-bond acceptors (Lipinski definition) is 16. The van der Waals surface area contributed by atoms with Crippen LogP contribution in [-0.4, -0.2) is 76.6 Å². The molecule has 0 saturated carbocycles. The molecule has 0 aliphatic carbocycles. The minimum atomic E-state index is -1.14. The molecule has 2 heterocycles. The summed E-state index contributed by atoms with van der Waals surface area (Å²) >= 11 is 69.6. The normalized spacial score (nSPS) is 14.4.